The first-order valence-corrected chi connectivity index (χ1v) is 5.31. The highest BCUT2D eigenvalue weighted by molar-refractivity contribution is 8.00. The molecule has 2 atom stereocenters. The molecule has 0 heterocycles. The van der Waals surface area contributed by atoms with E-state index in [0.717, 1.165) is 5.75 Å². The molecule has 2 unspecified atom stereocenters. The molecule has 0 aliphatic heterocycles. The summed E-state index contributed by atoms with van der Waals surface area (Å²) in [7, 11) is 0. The summed E-state index contributed by atoms with van der Waals surface area (Å²) in [6, 6.07) is 0. The van der Waals surface area contributed by atoms with Crippen molar-refractivity contribution >= 4 is 17.7 Å². The van der Waals surface area contributed by atoms with Crippen molar-refractivity contribution in [3.8, 4) is 0 Å². The van der Waals surface area contributed by atoms with Crippen molar-refractivity contribution in [3.05, 3.63) is 24.3 Å². The highest BCUT2D eigenvalue weighted by Crippen LogP contribution is 2.37. The summed E-state index contributed by atoms with van der Waals surface area (Å²) in [4.78, 5) is 10.9. The van der Waals surface area contributed by atoms with E-state index in [1.54, 1.807) is 23.9 Å². The van der Waals surface area contributed by atoms with Gasteiger partial charge in [-0.05, 0) is 12.7 Å². The Morgan fingerprint density at radius 1 is 1.62 bits per heavy atom. The van der Waals surface area contributed by atoms with Crippen LogP contribution in [0.5, 0.6) is 0 Å². The fourth-order valence-corrected chi connectivity index (χ4v) is 2.65. The molecule has 0 aromatic carbocycles. The first-order valence-electron chi connectivity index (χ1n) is 4.33. The van der Waals surface area contributed by atoms with Gasteiger partial charge in [-0.1, -0.05) is 31.2 Å². The molecule has 0 radical (unpaired) electrons. The van der Waals surface area contributed by atoms with E-state index in [1.807, 2.05) is 26.0 Å². The monoisotopic (exact) mass is 198 g/mol. The smallest absolute Gasteiger partial charge is 0.312 e. The Morgan fingerprint density at radius 3 is 2.85 bits per heavy atom. The highest BCUT2D eigenvalue weighted by atomic mass is 32.2. The summed E-state index contributed by atoms with van der Waals surface area (Å²) in [6.45, 7) is 4.01. The van der Waals surface area contributed by atoms with Crippen molar-refractivity contribution in [2.45, 2.75) is 18.6 Å². The Kier molecular flexibility index (Phi) is 3.20. The largest absolute Gasteiger partial charge is 0.481 e. The van der Waals surface area contributed by atoms with E-state index in [1.165, 1.54) is 0 Å². The lowest BCUT2D eigenvalue weighted by Crippen LogP contribution is -2.35. The van der Waals surface area contributed by atoms with Crippen LogP contribution in [0.15, 0.2) is 24.3 Å². The third-order valence-corrected chi connectivity index (χ3v) is 3.48. The standard InChI is InChI=1S/C10H14O2S/c1-3-13-10(2)7-5-4-6-8(10)9(11)12/h4-8H,3H2,1-2H3,(H,11,12). The van der Waals surface area contributed by atoms with Crippen LogP contribution in [-0.4, -0.2) is 21.6 Å². The van der Waals surface area contributed by atoms with E-state index in [2.05, 4.69) is 0 Å². The minimum atomic E-state index is -0.746. The zero-order valence-electron chi connectivity index (χ0n) is 7.86. The molecule has 0 bridgehead atoms. The van der Waals surface area contributed by atoms with Crippen molar-refractivity contribution in [2.24, 2.45) is 5.92 Å². The second-order valence-corrected chi connectivity index (χ2v) is 4.92. The van der Waals surface area contributed by atoms with Crippen LogP contribution in [0.3, 0.4) is 0 Å². The van der Waals surface area contributed by atoms with E-state index in [4.69, 9.17) is 5.11 Å². The van der Waals surface area contributed by atoms with Gasteiger partial charge in [0.25, 0.3) is 0 Å². The van der Waals surface area contributed by atoms with Gasteiger partial charge in [0.2, 0.25) is 0 Å². The topological polar surface area (TPSA) is 37.3 Å². The normalized spacial score (nSPS) is 32.0. The molecule has 0 aromatic rings. The van der Waals surface area contributed by atoms with Gasteiger partial charge in [-0.3, -0.25) is 4.79 Å². The Bertz CT molecular complexity index is 258. The van der Waals surface area contributed by atoms with Gasteiger partial charge in [-0.15, -0.1) is 0 Å². The molecule has 2 nitrogen and oxygen atoms in total. The number of hydrogen-bond donors (Lipinski definition) is 1. The third kappa shape index (κ3) is 2.15. The van der Waals surface area contributed by atoms with Gasteiger partial charge in [-0.25, -0.2) is 0 Å². The minimum absolute atomic E-state index is 0.282. The van der Waals surface area contributed by atoms with Crippen LogP contribution in [0, 0.1) is 5.92 Å². The second-order valence-electron chi connectivity index (χ2n) is 3.18. The van der Waals surface area contributed by atoms with Gasteiger partial charge in [-0.2, -0.15) is 11.8 Å². The average Bonchev–Trinajstić information content (AvgIpc) is 2.04. The Morgan fingerprint density at radius 2 is 2.31 bits per heavy atom. The molecule has 0 spiro atoms. The Balaban J connectivity index is 2.86. The molecule has 72 valence electrons. The maximum atomic E-state index is 10.9. The van der Waals surface area contributed by atoms with E-state index in [9.17, 15) is 4.79 Å². The zero-order valence-corrected chi connectivity index (χ0v) is 8.67. The van der Waals surface area contributed by atoms with Crippen LogP contribution in [0.2, 0.25) is 0 Å². The summed E-state index contributed by atoms with van der Waals surface area (Å²) in [5.41, 5.74) is 0. The van der Waals surface area contributed by atoms with Crippen LogP contribution >= 0.6 is 11.8 Å². The number of rotatable bonds is 3. The molecule has 1 aliphatic rings. The Hall–Kier alpha value is -0.700. The molecule has 1 rings (SSSR count). The molecule has 13 heavy (non-hydrogen) atoms. The summed E-state index contributed by atoms with van der Waals surface area (Å²) < 4.78 is -0.282. The average molecular weight is 198 g/mol. The zero-order chi connectivity index (χ0) is 9.90. The van der Waals surface area contributed by atoms with Crippen molar-refractivity contribution in [1.29, 1.82) is 0 Å². The SMILES string of the molecule is CCSC1(C)C=CC=CC1C(=O)O. The van der Waals surface area contributed by atoms with Crippen molar-refractivity contribution in [3.63, 3.8) is 0 Å². The minimum Gasteiger partial charge on any atom is -0.481 e. The van der Waals surface area contributed by atoms with E-state index in [-0.39, 0.29) is 4.75 Å². The third-order valence-electron chi connectivity index (χ3n) is 2.18. The predicted octanol–water partition coefficient (Wildman–Crippen LogP) is 2.33. The number of thioether (sulfide) groups is 1. The molecule has 1 aliphatic carbocycles. The van der Waals surface area contributed by atoms with Crippen LogP contribution in [0.1, 0.15) is 13.8 Å². The van der Waals surface area contributed by atoms with Crippen LogP contribution < -0.4 is 0 Å². The van der Waals surface area contributed by atoms with Crippen molar-refractivity contribution < 1.29 is 9.90 Å². The summed E-state index contributed by atoms with van der Waals surface area (Å²) in [6.07, 6.45) is 7.45. The molecule has 0 saturated heterocycles. The van der Waals surface area contributed by atoms with Crippen LogP contribution in [-0.2, 0) is 4.79 Å². The molecule has 3 heteroatoms. The van der Waals surface area contributed by atoms with Gasteiger partial charge >= 0.3 is 5.97 Å². The van der Waals surface area contributed by atoms with Crippen molar-refractivity contribution in [2.75, 3.05) is 5.75 Å². The number of aliphatic carboxylic acids is 1. The molecule has 0 fully saturated rings. The quantitative estimate of drug-likeness (QED) is 0.756. The molecule has 0 saturated carbocycles. The maximum absolute atomic E-state index is 10.9. The summed E-state index contributed by atoms with van der Waals surface area (Å²) >= 11 is 1.67. The lowest BCUT2D eigenvalue weighted by molar-refractivity contribution is -0.140. The molecule has 0 amide bonds. The molecule has 1 N–H and O–H groups in total. The Labute approximate surface area is 82.7 Å². The van der Waals surface area contributed by atoms with Crippen molar-refractivity contribution in [1.82, 2.24) is 0 Å². The first-order chi connectivity index (χ1) is 6.10. The second kappa shape index (κ2) is 4.01. The number of allylic oxidation sites excluding steroid dienone is 2. The van der Waals surface area contributed by atoms with E-state index >= 15 is 0 Å². The molecular formula is C10H14O2S. The first kappa shape index (κ1) is 10.4. The number of carboxylic acid groups (broad SMARTS) is 1. The number of hydrogen-bond acceptors (Lipinski definition) is 2. The fourth-order valence-electron chi connectivity index (χ4n) is 1.49. The molecular weight excluding hydrogens is 184 g/mol. The van der Waals surface area contributed by atoms with E-state index in [0.29, 0.717) is 0 Å². The van der Waals surface area contributed by atoms with Gasteiger partial charge < -0.3 is 5.11 Å². The summed E-state index contributed by atoms with van der Waals surface area (Å²) in [5.74, 6) is -0.218. The predicted molar refractivity (Wildman–Crippen MR) is 55.9 cm³/mol. The van der Waals surface area contributed by atoms with Crippen LogP contribution in [0.25, 0.3) is 0 Å². The van der Waals surface area contributed by atoms with E-state index < -0.39 is 11.9 Å². The lowest BCUT2D eigenvalue weighted by Gasteiger charge is -2.31. The summed E-state index contributed by atoms with van der Waals surface area (Å²) in [5, 5.41) is 9.00. The van der Waals surface area contributed by atoms with Gasteiger partial charge in [0.15, 0.2) is 0 Å². The number of carboxylic acids is 1. The maximum Gasteiger partial charge on any atom is 0.312 e. The van der Waals surface area contributed by atoms with Gasteiger partial charge in [0.1, 0.15) is 0 Å². The van der Waals surface area contributed by atoms with Crippen LogP contribution in [0.4, 0.5) is 0 Å². The fraction of sp³-hybridized carbons (Fsp3) is 0.500. The lowest BCUT2D eigenvalue weighted by atomic mass is 9.89. The van der Waals surface area contributed by atoms with Gasteiger partial charge in [0.05, 0.1) is 5.92 Å². The molecule has 0 aromatic heterocycles. The highest BCUT2D eigenvalue weighted by Gasteiger charge is 2.36. The van der Waals surface area contributed by atoms with Gasteiger partial charge in [0, 0.05) is 4.75 Å². The number of carbonyl (C=O) groups is 1.